The summed E-state index contributed by atoms with van der Waals surface area (Å²) >= 11 is 0. The third-order valence-corrected chi connectivity index (χ3v) is 3.84. The Morgan fingerprint density at radius 2 is 0.958 bits per heavy atom. The summed E-state index contributed by atoms with van der Waals surface area (Å²) in [6.45, 7) is 14.6. The van der Waals surface area contributed by atoms with Gasteiger partial charge >= 0.3 is 0 Å². The van der Waals surface area contributed by atoms with E-state index >= 15 is 0 Å². The molecule has 0 aliphatic heterocycles. The van der Waals surface area contributed by atoms with Crippen molar-refractivity contribution in [1.82, 2.24) is 0 Å². The highest BCUT2D eigenvalue weighted by atomic mass is 14.7. The standard InChI is InChI=1S/C20H8N4/c1-23-17(11-21)19-13-7-3-5-9-15(13)20(18(12-22)24-2)16-10-6-4-8-14(16)19/h3-10H. The summed E-state index contributed by atoms with van der Waals surface area (Å²) in [6, 6.07) is 18.4. The zero-order valence-electron chi connectivity index (χ0n) is 12.4. The van der Waals surface area contributed by atoms with Gasteiger partial charge in [0.1, 0.15) is 0 Å². The summed E-state index contributed by atoms with van der Waals surface area (Å²) < 4.78 is 0. The van der Waals surface area contributed by atoms with Crippen LogP contribution in [0.3, 0.4) is 0 Å². The van der Waals surface area contributed by atoms with E-state index < -0.39 is 0 Å². The van der Waals surface area contributed by atoms with Crippen LogP contribution in [0.2, 0.25) is 0 Å². The fraction of sp³-hybridized carbons (Fsp3) is 0. The second kappa shape index (κ2) is 5.94. The molecule has 0 aliphatic rings. The van der Waals surface area contributed by atoms with Crippen LogP contribution in [0, 0.1) is 35.8 Å². The molecule has 0 saturated heterocycles. The highest BCUT2D eigenvalue weighted by Crippen LogP contribution is 2.16. The van der Waals surface area contributed by atoms with Gasteiger partial charge in [0.2, 0.25) is 0 Å². The minimum Gasteiger partial charge on any atom is -0.226 e. The van der Waals surface area contributed by atoms with Crippen molar-refractivity contribution in [2.45, 2.75) is 0 Å². The lowest BCUT2D eigenvalue weighted by Crippen LogP contribution is -2.17. The van der Waals surface area contributed by atoms with Crippen molar-refractivity contribution in [3.63, 3.8) is 0 Å². The Morgan fingerprint density at radius 1 is 0.667 bits per heavy atom. The second-order valence-corrected chi connectivity index (χ2v) is 4.99. The van der Waals surface area contributed by atoms with E-state index in [0.29, 0.717) is 32.0 Å². The summed E-state index contributed by atoms with van der Waals surface area (Å²) in [5, 5.41) is 22.6. The molecular weight excluding hydrogens is 296 g/mol. The summed E-state index contributed by atoms with van der Waals surface area (Å²) in [4.78, 5) is 6.73. The van der Waals surface area contributed by atoms with Gasteiger partial charge in [0.05, 0.1) is 25.3 Å². The number of benzene rings is 3. The summed E-state index contributed by atoms with van der Waals surface area (Å²) in [6.07, 6.45) is 0. The molecule has 3 aromatic rings. The summed E-state index contributed by atoms with van der Waals surface area (Å²) in [5.74, 6) is 0. The van der Waals surface area contributed by atoms with Crippen molar-refractivity contribution in [1.29, 1.82) is 10.5 Å². The van der Waals surface area contributed by atoms with Crippen LogP contribution in [-0.2, 0) is 0 Å². The van der Waals surface area contributed by atoms with Crippen LogP contribution >= 0.6 is 0 Å². The zero-order valence-corrected chi connectivity index (χ0v) is 12.4. The van der Waals surface area contributed by atoms with Crippen LogP contribution in [0.15, 0.2) is 48.5 Å². The molecule has 0 radical (unpaired) electrons. The minimum absolute atomic E-state index is 0.00438. The van der Waals surface area contributed by atoms with Gasteiger partial charge in [0.15, 0.2) is 0 Å². The van der Waals surface area contributed by atoms with Crippen LogP contribution in [0.5, 0.6) is 0 Å². The minimum atomic E-state index is -0.00438. The molecule has 3 aromatic carbocycles. The van der Waals surface area contributed by atoms with Crippen molar-refractivity contribution in [3.05, 3.63) is 81.8 Å². The number of rotatable bonds is 0. The highest BCUT2D eigenvalue weighted by Gasteiger charge is 2.11. The maximum absolute atomic E-state index is 9.36. The summed E-state index contributed by atoms with van der Waals surface area (Å²) in [7, 11) is 0. The van der Waals surface area contributed by atoms with E-state index in [-0.39, 0.29) is 11.4 Å². The molecule has 0 aliphatic carbocycles. The van der Waals surface area contributed by atoms with Gasteiger partial charge in [-0.1, -0.05) is 48.5 Å². The van der Waals surface area contributed by atoms with Gasteiger partial charge < -0.3 is 0 Å². The van der Waals surface area contributed by atoms with Gasteiger partial charge in [-0.15, -0.1) is 0 Å². The largest absolute Gasteiger partial charge is 0.270 e. The monoisotopic (exact) mass is 304 g/mol. The molecule has 0 N–H and O–H groups in total. The lowest BCUT2D eigenvalue weighted by molar-refractivity contribution is 1.52. The maximum Gasteiger partial charge on any atom is 0.270 e. The molecule has 0 fully saturated rings. The van der Waals surface area contributed by atoms with Gasteiger partial charge in [-0.05, 0) is 21.5 Å². The number of nitriles is 2. The normalized spacial score (nSPS) is 9.50. The van der Waals surface area contributed by atoms with Crippen molar-refractivity contribution in [2.75, 3.05) is 0 Å². The van der Waals surface area contributed by atoms with Crippen LogP contribution in [0.25, 0.3) is 42.6 Å². The lowest BCUT2D eigenvalue weighted by atomic mass is 9.96. The Kier molecular flexibility index (Phi) is 3.66. The Hall–Kier alpha value is -4.12. The number of fused-ring (bicyclic) bond motifs is 2. The SMILES string of the molecule is [C-]#[N+]C(C#N)=c1c2ccccc2c(=C(C#N)[N+]#[C-])c2ccccc12. The van der Waals surface area contributed by atoms with E-state index in [4.69, 9.17) is 13.1 Å². The first-order chi connectivity index (χ1) is 11.8. The molecule has 4 heteroatoms. The number of hydrogen-bond donors (Lipinski definition) is 0. The molecule has 3 rings (SSSR count). The predicted molar refractivity (Wildman–Crippen MR) is 92.0 cm³/mol. The van der Waals surface area contributed by atoms with Crippen LogP contribution in [0.4, 0.5) is 0 Å². The third kappa shape index (κ3) is 2.05. The van der Waals surface area contributed by atoms with Crippen LogP contribution in [0.1, 0.15) is 0 Å². The van der Waals surface area contributed by atoms with Gasteiger partial charge in [-0.3, -0.25) is 0 Å². The molecular formula is C20H8N4. The van der Waals surface area contributed by atoms with Crippen LogP contribution in [-0.4, -0.2) is 0 Å². The molecule has 0 bridgehead atoms. The van der Waals surface area contributed by atoms with Crippen molar-refractivity contribution in [2.24, 2.45) is 0 Å². The first kappa shape index (κ1) is 14.8. The quantitative estimate of drug-likeness (QED) is 0.473. The second-order valence-electron chi connectivity index (χ2n) is 4.99. The third-order valence-electron chi connectivity index (χ3n) is 3.84. The molecule has 24 heavy (non-hydrogen) atoms. The smallest absolute Gasteiger partial charge is 0.226 e. The van der Waals surface area contributed by atoms with Gasteiger partial charge in [-0.2, -0.15) is 0 Å². The molecule has 4 nitrogen and oxygen atoms in total. The average Bonchev–Trinajstić information content (AvgIpc) is 2.64. The fourth-order valence-electron chi connectivity index (χ4n) is 2.91. The van der Waals surface area contributed by atoms with E-state index in [1.165, 1.54) is 0 Å². The number of hydrogen-bond acceptors (Lipinski definition) is 2. The van der Waals surface area contributed by atoms with E-state index in [2.05, 4.69) is 9.69 Å². The Labute approximate surface area is 138 Å². The summed E-state index contributed by atoms with van der Waals surface area (Å²) in [5.41, 5.74) is -0.00876. The molecule has 108 valence electrons. The van der Waals surface area contributed by atoms with E-state index in [9.17, 15) is 10.5 Å². The Bertz CT molecular complexity index is 1090. The van der Waals surface area contributed by atoms with Gasteiger partial charge in [-0.25, -0.2) is 20.2 Å². The Balaban J connectivity index is 2.95. The van der Waals surface area contributed by atoms with Crippen molar-refractivity contribution >= 4 is 32.9 Å². The molecule has 0 amide bonds. The molecule has 0 unspecified atom stereocenters. The van der Waals surface area contributed by atoms with Gasteiger partial charge in [0, 0.05) is 10.4 Å². The first-order valence-electron chi connectivity index (χ1n) is 7.00. The topological polar surface area (TPSA) is 56.3 Å². The molecule has 0 aromatic heterocycles. The fourth-order valence-corrected chi connectivity index (χ4v) is 2.91. The van der Waals surface area contributed by atoms with Crippen LogP contribution < -0.4 is 10.4 Å². The van der Waals surface area contributed by atoms with E-state index in [1.807, 2.05) is 60.7 Å². The maximum atomic E-state index is 9.36. The van der Waals surface area contributed by atoms with Crippen molar-refractivity contribution < 1.29 is 0 Å². The van der Waals surface area contributed by atoms with Crippen molar-refractivity contribution in [3.8, 4) is 12.1 Å². The predicted octanol–water partition coefficient (Wildman–Crippen LogP) is 3.10. The average molecular weight is 304 g/mol. The zero-order chi connectivity index (χ0) is 17.1. The molecule has 0 heterocycles. The molecule has 0 saturated carbocycles. The van der Waals surface area contributed by atoms with Gasteiger partial charge in [0.25, 0.3) is 11.4 Å². The molecule has 0 spiro atoms. The number of nitrogens with zero attached hydrogens (tertiary/aromatic N) is 4. The lowest BCUT2D eigenvalue weighted by Gasteiger charge is -2.08. The van der Waals surface area contributed by atoms with E-state index in [1.54, 1.807) is 0 Å². The highest BCUT2D eigenvalue weighted by molar-refractivity contribution is 6.04. The Morgan fingerprint density at radius 3 is 1.17 bits per heavy atom. The van der Waals surface area contributed by atoms with E-state index in [0.717, 1.165) is 0 Å². The molecule has 0 atom stereocenters. The first-order valence-corrected chi connectivity index (χ1v) is 7.00.